The Kier molecular flexibility index (Phi) is 7.10. The summed E-state index contributed by atoms with van der Waals surface area (Å²) in [6.45, 7) is 12.6. The van der Waals surface area contributed by atoms with E-state index in [4.69, 9.17) is 4.74 Å². The lowest BCUT2D eigenvalue weighted by Crippen LogP contribution is -2.58. The molecule has 0 saturated carbocycles. The van der Waals surface area contributed by atoms with Gasteiger partial charge in [0, 0.05) is 31.7 Å². The van der Waals surface area contributed by atoms with Gasteiger partial charge in [0.15, 0.2) is 0 Å². The first-order chi connectivity index (χ1) is 9.84. The molecule has 0 bridgehead atoms. The molecule has 3 unspecified atom stereocenters. The van der Waals surface area contributed by atoms with Gasteiger partial charge >= 0.3 is 5.97 Å². The zero-order valence-electron chi connectivity index (χ0n) is 14.6. The molecule has 0 amide bonds. The first-order valence-electron chi connectivity index (χ1n) is 8.11. The van der Waals surface area contributed by atoms with E-state index in [1.807, 2.05) is 6.92 Å². The van der Waals surface area contributed by atoms with Crippen LogP contribution in [0.15, 0.2) is 0 Å². The van der Waals surface area contributed by atoms with Gasteiger partial charge in [-0.2, -0.15) is 0 Å². The number of piperazine rings is 1. The van der Waals surface area contributed by atoms with Crippen molar-refractivity contribution in [3.05, 3.63) is 0 Å². The molecule has 1 heterocycles. The number of carbonyl (C=O) groups is 1. The van der Waals surface area contributed by atoms with E-state index >= 15 is 0 Å². The highest BCUT2D eigenvalue weighted by Gasteiger charge is 2.38. The lowest BCUT2D eigenvalue weighted by Gasteiger charge is -2.44. The second-order valence-corrected chi connectivity index (χ2v) is 6.65. The Balaban J connectivity index is 2.71. The van der Waals surface area contributed by atoms with Crippen LogP contribution in [-0.2, 0) is 9.53 Å². The smallest absolute Gasteiger partial charge is 0.325 e. The van der Waals surface area contributed by atoms with E-state index in [1.165, 1.54) is 7.11 Å². The topological polar surface area (TPSA) is 44.8 Å². The zero-order chi connectivity index (χ0) is 16.0. The molecule has 3 atom stereocenters. The molecule has 0 aliphatic carbocycles. The van der Waals surface area contributed by atoms with Gasteiger partial charge in [-0.25, -0.2) is 0 Å². The number of nitrogens with zero attached hydrogens (tertiary/aromatic N) is 2. The van der Waals surface area contributed by atoms with E-state index in [0.717, 1.165) is 39.0 Å². The molecular formula is C16H33N3O2. The van der Waals surface area contributed by atoms with Crippen LogP contribution < -0.4 is 5.32 Å². The number of esters is 1. The van der Waals surface area contributed by atoms with Crippen molar-refractivity contribution >= 4 is 5.97 Å². The Morgan fingerprint density at radius 2 is 2.14 bits per heavy atom. The summed E-state index contributed by atoms with van der Waals surface area (Å²) in [5.41, 5.74) is -0.604. The predicted octanol–water partition coefficient (Wildman–Crippen LogP) is 1.33. The largest absolute Gasteiger partial charge is 0.468 e. The van der Waals surface area contributed by atoms with Gasteiger partial charge in [-0.15, -0.1) is 0 Å². The van der Waals surface area contributed by atoms with Gasteiger partial charge in [0.25, 0.3) is 0 Å². The summed E-state index contributed by atoms with van der Waals surface area (Å²) in [5.74, 6) is -0.162. The highest BCUT2D eigenvalue weighted by Crippen LogP contribution is 2.21. The zero-order valence-corrected chi connectivity index (χ0v) is 14.6. The fourth-order valence-electron chi connectivity index (χ4n) is 3.37. The molecule has 0 radical (unpaired) electrons. The SMILES string of the molecule is CCCNC(C)(CC(C)N1CCN(C)CC1C)C(=O)OC. The van der Waals surface area contributed by atoms with Crippen molar-refractivity contribution in [3.8, 4) is 0 Å². The average Bonchev–Trinajstić information content (AvgIpc) is 2.43. The van der Waals surface area contributed by atoms with Crippen molar-refractivity contribution in [3.63, 3.8) is 0 Å². The summed E-state index contributed by atoms with van der Waals surface area (Å²) in [6, 6.07) is 0.869. The van der Waals surface area contributed by atoms with E-state index in [2.05, 4.69) is 42.9 Å². The Labute approximate surface area is 130 Å². The summed E-state index contributed by atoms with van der Waals surface area (Å²) in [5, 5.41) is 3.38. The molecule has 1 saturated heterocycles. The maximum atomic E-state index is 12.2. The number of rotatable bonds is 7. The quantitative estimate of drug-likeness (QED) is 0.719. The highest BCUT2D eigenvalue weighted by molar-refractivity contribution is 5.80. The van der Waals surface area contributed by atoms with Gasteiger partial charge < -0.3 is 15.0 Å². The fraction of sp³-hybridized carbons (Fsp3) is 0.938. The first kappa shape index (κ1) is 18.4. The van der Waals surface area contributed by atoms with Crippen LogP contribution >= 0.6 is 0 Å². The number of hydrogen-bond donors (Lipinski definition) is 1. The molecule has 1 rings (SSSR count). The van der Waals surface area contributed by atoms with E-state index < -0.39 is 5.54 Å². The number of ether oxygens (including phenoxy) is 1. The summed E-state index contributed by atoms with van der Waals surface area (Å²) >= 11 is 0. The molecule has 1 fully saturated rings. The van der Waals surface area contributed by atoms with E-state index in [-0.39, 0.29) is 5.97 Å². The van der Waals surface area contributed by atoms with Crippen LogP contribution in [0, 0.1) is 0 Å². The van der Waals surface area contributed by atoms with Gasteiger partial charge in [0.05, 0.1) is 7.11 Å². The minimum atomic E-state index is -0.604. The van der Waals surface area contributed by atoms with Crippen molar-refractivity contribution in [2.45, 2.75) is 58.2 Å². The maximum absolute atomic E-state index is 12.2. The summed E-state index contributed by atoms with van der Waals surface area (Å²) in [4.78, 5) is 17.1. The summed E-state index contributed by atoms with van der Waals surface area (Å²) in [7, 11) is 3.64. The Hall–Kier alpha value is -0.650. The van der Waals surface area contributed by atoms with Crippen molar-refractivity contribution < 1.29 is 9.53 Å². The van der Waals surface area contributed by atoms with E-state index in [1.54, 1.807) is 0 Å². The molecule has 0 aromatic carbocycles. The molecule has 1 N–H and O–H groups in total. The monoisotopic (exact) mass is 299 g/mol. The number of methoxy groups -OCH3 is 1. The summed E-state index contributed by atoms with van der Waals surface area (Å²) < 4.78 is 5.02. The molecule has 1 aliphatic rings. The van der Waals surface area contributed by atoms with Crippen LogP contribution in [0.1, 0.15) is 40.5 Å². The van der Waals surface area contributed by atoms with Crippen LogP contribution in [0.25, 0.3) is 0 Å². The Morgan fingerprint density at radius 1 is 1.48 bits per heavy atom. The van der Waals surface area contributed by atoms with Crippen molar-refractivity contribution in [2.75, 3.05) is 40.3 Å². The van der Waals surface area contributed by atoms with Crippen LogP contribution in [0.3, 0.4) is 0 Å². The van der Waals surface area contributed by atoms with Gasteiger partial charge in [-0.1, -0.05) is 6.92 Å². The first-order valence-corrected chi connectivity index (χ1v) is 8.11. The van der Waals surface area contributed by atoms with Gasteiger partial charge in [0.2, 0.25) is 0 Å². The van der Waals surface area contributed by atoms with Crippen LogP contribution in [-0.4, -0.2) is 73.7 Å². The molecular weight excluding hydrogens is 266 g/mol. The fourth-order valence-corrected chi connectivity index (χ4v) is 3.37. The molecule has 5 nitrogen and oxygen atoms in total. The third-order valence-electron chi connectivity index (χ3n) is 4.55. The van der Waals surface area contributed by atoms with Gasteiger partial charge in [-0.05, 0) is 47.2 Å². The number of carbonyl (C=O) groups excluding carboxylic acids is 1. The van der Waals surface area contributed by atoms with Crippen molar-refractivity contribution in [1.82, 2.24) is 15.1 Å². The van der Waals surface area contributed by atoms with E-state index in [0.29, 0.717) is 12.1 Å². The van der Waals surface area contributed by atoms with Gasteiger partial charge in [-0.3, -0.25) is 9.69 Å². The molecule has 0 aromatic heterocycles. The lowest BCUT2D eigenvalue weighted by atomic mass is 9.91. The lowest BCUT2D eigenvalue weighted by molar-refractivity contribution is -0.149. The third kappa shape index (κ3) is 4.94. The number of hydrogen-bond acceptors (Lipinski definition) is 5. The third-order valence-corrected chi connectivity index (χ3v) is 4.55. The minimum absolute atomic E-state index is 0.162. The molecule has 1 aliphatic heterocycles. The summed E-state index contributed by atoms with van der Waals surface area (Å²) in [6.07, 6.45) is 1.78. The molecule has 124 valence electrons. The van der Waals surface area contributed by atoms with Gasteiger partial charge in [0.1, 0.15) is 5.54 Å². The minimum Gasteiger partial charge on any atom is -0.468 e. The molecule has 0 spiro atoms. The Bertz CT molecular complexity index is 337. The van der Waals surface area contributed by atoms with Crippen LogP contribution in [0.5, 0.6) is 0 Å². The number of nitrogens with one attached hydrogen (secondary N) is 1. The molecule has 0 aromatic rings. The van der Waals surface area contributed by atoms with Crippen LogP contribution in [0.4, 0.5) is 0 Å². The Morgan fingerprint density at radius 3 is 2.67 bits per heavy atom. The second kappa shape index (κ2) is 8.11. The maximum Gasteiger partial charge on any atom is 0.325 e. The van der Waals surface area contributed by atoms with Crippen molar-refractivity contribution in [2.24, 2.45) is 0 Å². The normalized spacial score (nSPS) is 25.3. The molecule has 5 heteroatoms. The highest BCUT2D eigenvalue weighted by atomic mass is 16.5. The van der Waals surface area contributed by atoms with Crippen molar-refractivity contribution in [1.29, 1.82) is 0 Å². The number of likely N-dealkylation sites (N-methyl/N-ethyl adjacent to an activating group) is 1. The predicted molar refractivity (Wildman–Crippen MR) is 86.5 cm³/mol. The second-order valence-electron chi connectivity index (χ2n) is 6.65. The average molecular weight is 299 g/mol. The van der Waals surface area contributed by atoms with Crippen LogP contribution in [0.2, 0.25) is 0 Å². The molecule has 21 heavy (non-hydrogen) atoms. The van der Waals surface area contributed by atoms with E-state index in [9.17, 15) is 4.79 Å². The standard InChI is InChI=1S/C16H33N3O2/c1-7-8-17-16(4,15(20)21-6)11-13(2)19-10-9-18(5)12-14(19)3/h13-14,17H,7-12H2,1-6H3.